The summed E-state index contributed by atoms with van der Waals surface area (Å²) in [6.07, 6.45) is 7.05. The van der Waals surface area contributed by atoms with E-state index in [1.54, 1.807) is 31.5 Å². The minimum absolute atomic E-state index is 0.0605. The predicted octanol–water partition coefficient (Wildman–Crippen LogP) is 4.72. The Bertz CT molecular complexity index is 1230. The van der Waals surface area contributed by atoms with Crippen molar-refractivity contribution in [3.05, 3.63) is 58.1 Å². The Morgan fingerprint density at radius 2 is 2.03 bits per heavy atom. The van der Waals surface area contributed by atoms with Crippen LogP contribution in [0.15, 0.2) is 30.7 Å². The average Bonchev–Trinajstić information content (AvgIpc) is 3.06. The number of unbranched alkanes of at least 4 members (excludes halogenated alkanes) is 1. The fourth-order valence-corrected chi connectivity index (χ4v) is 4.20. The first kappa shape index (κ1) is 25.3. The van der Waals surface area contributed by atoms with Crippen LogP contribution in [0.5, 0.6) is 0 Å². The molecule has 0 radical (unpaired) electrons. The largest absolute Gasteiger partial charge is 0.481 e. The number of ether oxygens (including phenoxy) is 1. The molecule has 0 amide bonds. The minimum atomic E-state index is -0.918. The maximum atomic E-state index is 13.2. The van der Waals surface area contributed by atoms with Gasteiger partial charge in [0, 0.05) is 61.7 Å². The van der Waals surface area contributed by atoms with E-state index in [1.807, 2.05) is 11.6 Å². The number of aliphatic carboxylic acids is 1. The molecule has 0 aliphatic carbocycles. The molecule has 0 saturated heterocycles. The number of nitrogens with zero attached hydrogens (tertiary/aromatic N) is 4. The van der Waals surface area contributed by atoms with Crippen LogP contribution in [0.2, 0.25) is 5.02 Å². The van der Waals surface area contributed by atoms with Gasteiger partial charge in [-0.05, 0) is 42.9 Å². The highest BCUT2D eigenvalue weighted by molar-refractivity contribution is 6.31. The molecule has 3 aromatic rings. The SMILES string of the molecule is CC(CC(=O)O)CC(=O)c1c(CCCCOCc2cncc(C#N)c2)n(C)c2ncc(Cl)cc12. The van der Waals surface area contributed by atoms with E-state index in [0.29, 0.717) is 46.8 Å². The smallest absolute Gasteiger partial charge is 0.303 e. The summed E-state index contributed by atoms with van der Waals surface area (Å²) in [5, 5.41) is 19.1. The van der Waals surface area contributed by atoms with Crippen LogP contribution in [-0.2, 0) is 29.6 Å². The van der Waals surface area contributed by atoms with Crippen LogP contribution in [0.25, 0.3) is 11.0 Å². The lowest BCUT2D eigenvalue weighted by Crippen LogP contribution is -2.12. The third-order valence-corrected chi connectivity index (χ3v) is 5.80. The fourth-order valence-electron chi connectivity index (χ4n) is 4.04. The van der Waals surface area contributed by atoms with Crippen LogP contribution < -0.4 is 0 Å². The van der Waals surface area contributed by atoms with Gasteiger partial charge in [0.2, 0.25) is 0 Å². The van der Waals surface area contributed by atoms with Gasteiger partial charge in [0.15, 0.2) is 5.78 Å². The number of carbonyl (C=O) groups is 2. The highest BCUT2D eigenvalue weighted by Crippen LogP contribution is 2.30. The first-order chi connectivity index (χ1) is 16.3. The highest BCUT2D eigenvalue weighted by atomic mass is 35.5. The van der Waals surface area contributed by atoms with Gasteiger partial charge in [-0.25, -0.2) is 4.98 Å². The van der Waals surface area contributed by atoms with Crippen LogP contribution in [0, 0.1) is 17.2 Å². The van der Waals surface area contributed by atoms with Crippen molar-refractivity contribution in [2.24, 2.45) is 13.0 Å². The van der Waals surface area contributed by atoms with Crippen LogP contribution in [0.3, 0.4) is 0 Å². The van der Waals surface area contributed by atoms with Gasteiger partial charge in [-0.1, -0.05) is 18.5 Å². The topological polar surface area (TPSA) is 118 Å². The number of Topliss-reactive ketones (excluding diaryl/α,β-unsaturated/α-hetero) is 1. The second-order valence-corrected chi connectivity index (χ2v) is 8.88. The lowest BCUT2D eigenvalue weighted by Gasteiger charge is -2.11. The summed E-state index contributed by atoms with van der Waals surface area (Å²) in [6, 6.07) is 5.56. The summed E-state index contributed by atoms with van der Waals surface area (Å²) in [5.41, 5.74) is 3.46. The van der Waals surface area contributed by atoms with Crippen LogP contribution in [0.4, 0.5) is 0 Å². The lowest BCUT2D eigenvalue weighted by atomic mass is 9.94. The van der Waals surface area contributed by atoms with Gasteiger partial charge < -0.3 is 14.4 Å². The molecule has 178 valence electrons. The number of aryl methyl sites for hydroxylation is 1. The molecule has 1 atom stereocenters. The number of carboxylic acids is 1. The van der Waals surface area contributed by atoms with Crippen molar-refractivity contribution in [3.8, 4) is 6.07 Å². The van der Waals surface area contributed by atoms with Gasteiger partial charge in [0.25, 0.3) is 0 Å². The zero-order valence-electron chi connectivity index (χ0n) is 19.3. The third-order valence-electron chi connectivity index (χ3n) is 5.59. The normalized spacial score (nSPS) is 11.9. The standard InChI is InChI=1S/C25H27ClN4O4/c1-16(8-23(32)33)7-22(31)24-20-10-19(26)14-29-25(20)30(2)21(24)5-3-4-6-34-15-18-9-17(11-27)12-28-13-18/h9-10,12-14,16H,3-8,15H2,1-2H3,(H,32,33). The molecule has 3 aromatic heterocycles. The number of nitriles is 1. The molecule has 1 N–H and O–H groups in total. The van der Waals surface area contributed by atoms with Crippen molar-refractivity contribution in [2.75, 3.05) is 6.61 Å². The molecule has 0 aromatic carbocycles. The van der Waals surface area contributed by atoms with E-state index in [-0.39, 0.29) is 24.5 Å². The van der Waals surface area contributed by atoms with Gasteiger partial charge in [0.05, 0.1) is 17.2 Å². The molecular weight excluding hydrogens is 456 g/mol. The molecule has 9 heteroatoms. The molecule has 3 heterocycles. The zero-order valence-corrected chi connectivity index (χ0v) is 20.0. The van der Waals surface area contributed by atoms with Gasteiger partial charge >= 0.3 is 5.97 Å². The third kappa shape index (κ3) is 6.40. The Labute approximate surface area is 203 Å². The zero-order chi connectivity index (χ0) is 24.7. The number of ketones is 1. The van der Waals surface area contributed by atoms with Gasteiger partial charge in [-0.3, -0.25) is 14.6 Å². The summed E-state index contributed by atoms with van der Waals surface area (Å²) < 4.78 is 7.64. The maximum absolute atomic E-state index is 13.2. The Hall–Kier alpha value is -3.28. The van der Waals surface area contributed by atoms with E-state index in [2.05, 4.69) is 16.0 Å². The monoisotopic (exact) mass is 482 g/mol. The number of rotatable bonds is 12. The maximum Gasteiger partial charge on any atom is 0.303 e. The van der Waals surface area contributed by atoms with Crippen LogP contribution in [0.1, 0.15) is 59.8 Å². The Morgan fingerprint density at radius 3 is 2.76 bits per heavy atom. The van der Waals surface area contributed by atoms with Crippen molar-refractivity contribution in [1.29, 1.82) is 5.26 Å². The number of hydrogen-bond donors (Lipinski definition) is 1. The van der Waals surface area contributed by atoms with E-state index >= 15 is 0 Å². The van der Waals surface area contributed by atoms with Crippen molar-refractivity contribution in [2.45, 2.75) is 45.6 Å². The first-order valence-electron chi connectivity index (χ1n) is 11.1. The molecule has 0 aliphatic heterocycles. The number of aromatic nitrogens is 3. The summed E-state index contributed by atoms with van der Waals surface area (Å²) >= 11 is 6.16. The molecule has 3 rings (SSSR count). The van der Waals surface area contributed by atoms with Crippen molar-refractivity contribution in [1.82, 2.24) is 14.5 Å². The minimum Gasteiger partial charge on any atom is -0.481 e. The lowest BCUT2D eigenvalue weighted by molar-refractivity contribution is -0.137. The number of fused-ring (bicyclic) bond motifs is 1. The highest BCUT2D eigenvalue weighted by Gasteiger charge is 2.24. The predicted molar refractivity (Wildman–Crippen MR) is 128 cm³/mol. The first-order valence-corrected chi connectivity index (χ1v) is 11.5. The molecule has 8 nitrogen and oxygen atoms in total. The second kappa shape index (κ2) is 11.7. The summed E-state index contributed by atoms with van der Waals surface area (Å²) in [4.78, 5) is 32.7. The number of hydrogen-bond acceptors (Lipinski definition) is 6. The summed E-state index contributed by atoms with van der Waals surface area (Å²) in [5.74, 6) is -1.29. The molecule has 0 saturated carbocycles. The fraction of sp³-hybridized carbons (Fsp3) is 0.400. The van der Waals surface area contributed by atoms with E-state index < -0.39 is 5.97 Å². The molecule has 0 fully saturated rings. The Balaban J connectivity index is 1.67. The molecule has 0 aliphatic rings. The number of carboxylic acid groups (broad SMARTS) is 1. The van der Waals surface area contributed by atoms with Crippen molar-refractivity contribution >= 4 is 34.4 Å². The van der Waals surface area contributed by atoms with E-state index in [9.17, 15) is 9.59 Å². The Kier molecular flexibility index (Phi) is 8.74. The molecular formula is C25H27ClN4O4. The number of pyridine rings is 2. The average molecular weight is 483 g/mol. The molecule has 1 unspecified atom stereocenters. The van der Waals surface area contributed by atoms with Gasteiger partial charge in [-0.15, -0.1) is 0 Å². The second-order valence-electron chi connectivity index (χ2n) is 8.44. The van der Waals surface area contributed by atoms with E-state index in [4.69, 9.17) is 26.7 Å². The summed E-state index contributed by atoms with van der Waals surface area (Å²) in [6.45, 7) is 2.68. The number of halogens is 1. The Morgan fingerprint density at radius 1 is 1.24 bits per heavy atom. The number of carbonyl (C=O) groups excluding carboxylic acids is 1. The van der Waals surface area contributed by atoms with E-state index in [1.165, 1.54) is 6.20 Å². The van der Waals surface area contributed by atoms with Crippen LogP contribution >= 0.6 is 11.6 Å². The van der Waals surface area contributed by atoms with Crippen LogP contribution in [-0.4, -0.2) is 38.0 Å². The molecule has 0 bridgehead atoms. The van der Waals surface area contributed by atoms with E-state index in [0.717, 1.165) is 24.1 Å². The van der Waals surface area contributed by atoms with Crippen molar-refractivity contribution < 1.29 is 19.4 Å². The van der Waals surface area contributed by atoms with Crippen molar-refractivity contribution in [3.63, 3.8) is 0 Å². The molecule has 34 heavy (non-hydrogen) atoms. The molecule has 0 spiro atoms. The quantitative estimate of drug-likeness (QED) is 0.293. The van der Waals surface area contributed by atoms with Gasteiger partial charge in [0.1, 0.15) is 11.7 Å². The summed E-state index contributed by atoms with van der Waals surface area (Å²) in [7, 11) is 1.88. The van der Waals surface area contributed by atoms with Gasteiger partial charge in [-0.2, -0.15) is 5.26 Å².